The van der Waals surface area contributed by atoms with Gasteiger partial charge in [0.05, 0.1) is 17.4 Å². The van der Waals surface area contributed by atoms with E-state index in [9.17, 15) is 14.4 Å². The van der Waals surface area contributed by atoms with Gasteiger partial charge >= 0.3 is 5.97 Å². The van der Waals surface area contributed by atoms with Crippen LogP contribution in [0.25, 0.3) is 11.0 Å². The fraction of sp³-hybridized carbons (Fsp3) is 0.231. The van der Waals surface area contributed by atoms with Crippen LogP contribution in [0.1, 0.15) is 23.2 Å². The van der Waals surface area contributed by atoms with Crippen LogP contribution in [0.4, 0.5) is 0 Å². The molecule has 21 heavy (non-hydrogen) atoms. The predicted molar refractivity (Wildman–Crippen MR) is 73.4 cm³/mol. The number of carbonyl (C=O) groups is 3. The first-order valence-electron chi connectivity index (χ1n) is 6.22. The monoisotopic (exact) mass is 290 g/mol. The summed E-state index contributed by atoms with van der Waals surface area (Å²) in [7, 11) is 0. The molecule has 0 aliphatic rings. The van der Waals surface area contributed by atoms with Crippen molar-refractivity contribution in [2.75, 3.05) is 0 Å². The van der Waals surface area contributed by atoms with Gasteiger partial charge in [-0.05, 0) is 24.6 Å². The second-order valence-corrected chi connectivity index (χ2v) is 4.50. The Morgan fingerprint density at radius 3 is 2.81 bits per heavy atom. The van der Waals surface area contributed by atoms with E-state index in [1.165, 1.54) is 6.33 Å². The maximum Gasteiger partial charge on any atom is 0.326 e. The van der Waals surface area contributed by atoms with E-state index in [1.807, 2.05) is 0 Å². The number of nitrogens with two attached hydrogens (primary N) is 1. The molecule has 0 aliphatic heterocycles. The molecule has 1 unspecified atom stereocenters. The van der Waals surface area contributed by atoms with Crippen molar-refractivity contribution in [3.63, 3.8) is 0 Å². The minimum absolute atomic E-state index is 0.0529. The zero-order valence-electron chi connectivity index (χ0n) is 11.0. The third kappa shape index (κ3) is 3.56. The summed E-state index contributed by atoms with van der Waals surface area (Å²) in [6, 6.07) is 3.61. The molecule has 8 nitrogen and oxygen atoms in total. The standard InChI is InChI=1S/C13H14N4O4/c14-11(18)4-3-9(13(20)21)17-12(19)7-1-2-8-10(5-7)16-6-15-8/h1-2,5-6,9H,3-4H2,(H2,14,18)(H,15,16)(H,17,19)(H,20,21). The van der Waals surface area contributed by atoms with Crippen molar-refractivity contribution in [3.05, 3.63) is 30.1 Å². The van der Waals surface area contributed by atoms with Gasteiger partial charge in [0.2, 0.25) is 5.91 Å². The number of benzene rings is 1. The number of carboxylic acid groups (broad SMARTS) is 1. The van der Waals surface area contributed by atoms with Crippen LogP contribution in [-0.4, -0.2) is 38.9 Å². The molecule has 2 amide bonds. The highest BCUT2D eigenvalue weighted by molar-refractivity contribution is 5.99. The molecular formula is C13H14N4O4. The number of hydrogen-bond donors (Lipinski definition) is 4. The Hall–Kier alpha value is -2.90. The molecular weight excluding hydrogens is 276 g/mol. The van der Waals surface area contributed by atoms with E-state index in [1.54, 1.807) is 18.2 Å². The van der Waals surface area contributed by atoms with Crippen molar-refractivity contribution >= 4 is 28.8 Å². The van der Waals surface area contributed by atoms with E-state index >= 15 is 0 Å². The molecule has 0 aliphatic carbocycles. The average molecular weight is 290 g/mol. The quantitative estimate of drug-likeness (QED) is 0.593. The molecule has 1 heterocycles. The van der Waals surface area contributed by atoms with Crippen molar-refractivity contribution in [3.8, 4) is 0 Å². The van der Waals surface area contributed by atoms with Crippen LogP contribution in [0.3, 0.4) is 0 Å². The molecule has 0 saturated heterocycles. The SMILES string of the molecule is NC(=O)CCC(NC(=O)c1ccc2nc[nH]c2c1)C(=O)O. The summed E-state index contributed by atoms with van der Waals surface area (Å²) >= 11 is 0. The largest absolute Gasteiger partial charge is 0.480 e. The molecule has 1 atom stereocenters. The fourth-order valence-corrected chi connectivity index (χ4v) is 1.86. The van der Waals surface area contributed by atoms with Crippen LogP contribution in [0, 0.1) is 0 Å². The molecule has 1 aromatic carbocycles. The first-order valence-corrected chi connectivity index (χ1v) is 6.22. The molecule has 2 aromatic rings. The van der Waals surface area contributed by atoms with Gasteiger partial charge in [-0.1, -0.05) is 0 Å². The van der Waals surface area contributed by atoms with E-state index in [-0.39, 0.29) is 12.8 Å². The third-order valence-corrected chi connectivity index (χ3v) is 2.97. The van der Waals surface area contributed by atoms with Gasteiger partial charge in [-0.25, -0.2) is 9.78 Å². The number of nitrogens with one attached hydrogen (secondary N) is 2. The van der Waals surface area contributed by atoms with Crippen LogP contribution < -0.4 is 11.1 Å². The van der Waals surface area contributed by atoms with Crippen molar-refractivity contribution in [2.45, 2.75) is 18.9 Å². The van der Waals surface area contributed by atoms with Gasteiger partial charge < -0.3 is 21.1 Å². The Morgan fingerprint density at radius 2 is 2.14 bits per heavy atom. The summed E-state index contributed by atoms with van der Waals surface area (Å²) in [5.41, 5.74) is 6.66. The van der Waals surface area contributed by atoms with E-state index in [4.69, 9.17) is 10.8 Å². The smallest absolute Gasteiger partial charge is 0.326 e. The summed E-state index contributed by atoms with van der Waals surface area (Å²) in [5.74, 6) is -2.37. The first kappa shape index (κ1) is 14.5. The van der Waals surface area contributed by atoms with E-state index < -0.39 is 23.8 Å². The number of hydrogen-bond acceptors (Lipinski definition) is 4. The highest BCUT2D eigenvalue weighted by Crippen LogP contribution is 2.12. The zero-order valence-corrected chi connectivity index (χ0v) is 11.0. The Labute approximate surface area is 119 Å². The van der Waals surface area contributed by atoms with E-state index in [0.29, 0.717) is 16.6 Å². The van der Waals surface area contributed by atoms with Gasteiger partial charge in [0.25, 0.3) is 5.91 Å². The highest BCUT2D eigenvalue weighted by Gasteiger charge is 2.21. The molecule has 2 rings (SSSR count). The maximum absolute atomic E-state index is 12.0. The summed E-state index contributed by atoms with van der Waals surface area (Å²) in [5, 5.41) is 11.4. The Bertz CT molecular complexity index is 694. The lowest BCUT2D eigenvalue weighted by molar-refractivity contribution is -0.139. The van der Waals surface area contributed by atoms with Gasteiger partial charge in [-0.3, -0.25) is 9.59 Å². The summed E-state index contributed by atoms with van der Waals surface area (Å²) in [6.07, 6.45) is 1.33. The summed E-state index contributed by atoms with van der Waals surface area (Å²) in [6.45, 7) is 0. The number of H-pyrrole nitrogens is 1. The first-order chi connectivity index (χ1) is 9.97. The second kappa shape index (κ2) is 6.04. The number of aromatic nitrogens is 2. The summed E-state index contributed by atoms with van der Waals surface area (Å²) < 4.78 is 0. The van der Waals surface area contributed by atoms with Crippen LogP contribution in [-0.2, 0) is 9.59 Å². The van der Waals surface area contributed by atoms with E-state index in [0.717, 1.165) is 0 Å². The zero-order chi connectivity index (χ0) is 15.4. The number of nitrogens with zero attached hydrogens (tertiary/aromatic N) is 1. The number of fused-ring (bicyclic) bond motifs is 1. The number of carboxylic acids is 1. The number of aliphatic carboxylic acids is 1. The van der Waals surface area contributed by atoms with Crippen molar-refractivity contribution in [1.82, 2.24) is 15.3 Å². The Balaban J connectivity index is 2.10. The van der Waals surface area contributed by atoms with Crippen LogP contribution in [0.5, 0.6) is 0 Å². The van der Waals surface area contributed by atoms with Crippen LogP contribution in [0.2, 0.25) is 0 Å². The molecule has 110 valence electrons. The third-order valence-electron chi connectivity index (χ3n) is 2.97. The normalized spacial score (nSPS) is 12.0. The van der Waals surface area contributed by atoms with Gasteiger partial charge in [0.1, 0.15) is 6.04 Å². The fourth-order valence-electron chi connectivity index (χ4n) is 1.86. The minimum atomic E-state index is -1.22. The van der Waals surface area contributed by atoms with Gasteiger partial charge in [-0.15, -0.1) is 0 Å². The van der Waals surface area contributed by atoms with Crippen molar-refractivity contribution in [2.24, 2.45) is 5.73 Å². The number of rotatable bonds is 6. The summed E-state index contributed by atoms with van der Waals surface area (Å²) in [4.78, 5) is 40.7. The molecule has 8 heteroatoms. The maximum atomic E-state index is 12.0. The Morgan fingerprint density at radius 1 is 1.38 bits per heavy atom. The van der Waals surface area contributed by atoms with Gasteiger partial charge in [0.15, 0.2) is 0 Å². The van der Waals surface area contributed by atoms with Crippen LogP contribution >= 0.6 is 0 Å². The topological polar surface area (TPSA) is 138 Å². The average Bonchev–Trinajstić information content (AvgIpc) is 2.89. The lowest BCUT2D eigenvalue weighted by atomic mass is 10.1. The molecule has 0 spiro atoms. The molecule has 0 bridgehead atoms. The lowest BCUT2D eigenvalue weighted by Crippen LogP contribution is -2.41. The van der Waals surface area contributed by atoms with Gasteiger partial charge in [-0.2, -0.15) is 0 Å². The van der Waals surface area contributed by atoms with Gasteiger partial charge in [0, 0.05) is 12.0 Å². The molecule has 0 fully saturated rings. The number of imidazole rings is 1. The van der Waals surface area contributed by atoms with Crippen LogP contribution in [0.15, 0.2) is 24.5 Å². The molecule has 0 saturated carbocycles. The lowest BCUT2D eigenvalue weighted by Gasteiger charge is -2.13. The van der Waals surface area contributed by atoms with E-state index in [2.05, 4.69) is 15.3 Å². The molecule has 5 N–H and O–H groups in total. The highest BCUT2D eigenvalue weighted by atomic mass is 16.4. The predicted octanol–water partition coefficient (Wildman–Crippen LogP) is 0.0114. The second-order valence-electron chi connectivity index (χ2n) is 4.50. The number of aromatic amines is 1. The number of carbonyl (C=O) groups excluding carboxylic acids is 2. The Kier molecular flexibility index (Phi) is 4.17. The number of amides is 2. The number of primary amides is 1. The van der Waals surface area contributed by atoms with Crippen molar-refractivity contribution in [1.29, 1.82) is 0 Å². The molecule has 1 aromatic heterocycles. The van der Waals surface area contributed by atoms with Crippen molar-refractivity contribution < 1.29 is 19.5 Å². The molecule has 0 radical (unpaired) electrons. The minimum Gasteiger partial charge on any atom is -0.480 e.